The van der Waals surface area contributed by atoms with Gasteiger partial charge < -0.3 is 5.11 Å². The van der Waals surface area contributed by atoms with E-state index in [1.54, 1.807) is 6.92 Å². The Balaban J connectivity index is 2.26. The molecule has 1 atom stereocenters. The van der Waals surface area contributed by atoms with Gasteiger partial charge in [0.2, 0.25) is 10.0 Å². The molecule has 0 radical (unpaired) electrons. The normalized spacial score (nSPS) is 12.8. The molecular formula is C15H15NO4S. The van der Waals surface area contributed by atoms with Gasteiger partial charge in [-0.3, -0.25) is 0 Å². The molecule has 0 aliphatic rings. The Kier molecular flexibility index (Phi) is 4.40. The molecular weight excluding hydrogens is 290 g/mol. The number of carboxylic acids is 1. The average molecular weight is 305 g/mol. The predicted molar refractivity (Wildman–Crippen MR) is 78.6 cm³/mol. The summed E-state index contributed by atoms with van der Waals surface area (Å²) in [5.74, 6) is -1.16. The summed E-state index contributed by atoms with van der Waals surface area (Å²) in [6.07, 6.45) is 0. The van der Waals surface area contributed by atoms with Crippen LogP contribution in [0.4, 0.5) is 0 Å². The summed E-state index contributed by atoms with van der Waals surface area (Å²) >= 11 is 0. The van der Waals surface area contributed by atoms with Crippen LogP contribution < -0.4 is 4.72 Å². The molecule has 2 aromatic carbocycles. The van der Waals surface area contributed by atoms with Gasteiger partial charge in [0.05, 0.1) is 10.5 Å². The third-order valence-corrected chi connectivity index (χ3v) is 4.56. The summed E-state index contributed by atoms with van der Waals surface area (Å²) < 4.78 is 27.1. The molecule has 2 N–H and O–H groups in total. The Morgan fingerprint density at radius 3 is 2.38 bits per heavy atom. The first-order valence-electron chi connectivity index (χ1n) is 6.31. The number of carboxylic acid groups (broad SMARTS) is 1. The maximum atomic E-state index is 12.3. The van der Waals surface area contributed by atoms with Crippen LogP contribution in [0.5, 0.6) is 0 Å². The van der Waals surface area contributed by atoms with Crippen LogP contribution in [0.15, 0.2) is 59.5 Å². The molecule has 2 aromatic rings. The van der Waals surface area contributed by atoms with Crippen molar-refractivity contribution in [3.05, 3.63) is 65.7 Å². The highest BCUT2D eigenvalue weighted by Crippen LogP contribution is 2.17. The molecule has 110 valence electrons. The Morgan fingerprint density at radius 2 is 1.76 bits per heavy atom. The molecule has 0 saturated carbocycles. The molecule has 0 aliphatic heterocycles. The van der Waals surface area contributed by atoms with Crippen LogP contribution in [-0.4, -0.2) is 19.5 Å². The van der Waals surface area contributed by atoms with E-state index in [1.807, 2.05) is 30.3 Å². The maximum absolute atomic E-state index is 12.3. The number of hydrogen-bond acceptors (Lipinski definition) is 3. The van der Waals surface area contributed by atoms with E-state index in [1.165, 1.54) is 18.2 Å². The number of sulfonamides is 1. The molecule has 0 amide bonds. The second kappa shape index (κ2) is 6.07. The van der Waals surface area contributed by atoms with E-state index in [2.05, 4.69) is 4.72 Å². The number of carbonyl (C=O) groups is 1. The summed E-state index contributed by atoms with van der Waals surface area (Å²) in [5.41, 5.74) is 0.765. The van der Waals surface area contributed by atoms with Gasteiger partial charge >= 0.3 is 5.97 Å². The molecule has 0 heterocycles. The highest BCUT2D eigenvalue weighted by molar-refractivity contribution is 7.89. The van der Waals surface area contributed by atoms with Crippen LogP contribution in [0, 0.1) is 0 Å². The first-order chi connectivity index (χ1) is 9.90. The SMILES string of the molecule is C[C@H](NS(=O)(=O)c1cccc(C(=O)O)c1)c1ccccc1. The maximum Gasteiger partial charge on any atom is 0.335 e. The van der Waals surface area contributed by atoms with Gasteiger partial charge in [0.15, 0.2) is 0 Å². The van der Waals surface area contributed by atoms with Crippen molar-refractivity contribution in [3.8, 4) is 0 Å². The molecule has 2 rings (SSSR count). The van der Waals surface area contributed by atoms with Gasteiger partial charge in [0.1, 0.15) is 0 Å². The molecule has 5 nitrogen and oxygen atoms in total. The molecule has 0 fully saturated rings. The second-order valence-electron chi connectivity index (χ2n) is 4.59. The van der Waals surface area contributed by atoms with E-state index < -0.39 is 22.0 Å². The van der Waals surface area contributed by atoms with E-state index in [9.17, 15) is 13.2 Å². The third kappa shape index (κ3) is 3.68. The van der Waals surface area contributed by atoms with Gasteiger partial charge in [-0.2, -0.15) is 0 Å². The number of aromatic carboxylic acids is 1. The highest BCUT2D eigenvalue weighted by Gasteiger charge is 2.19. The van der Waals surface area contributed by atoms with Crippen LogP contribution in [0.3, 0.4) is 0 Å². The van der Waals surface area contributed by atoms with Crippen LogP contribution in [-0.2, 0) is 10.0 Å². The van der Waals surface area contributed by atoms with Crippen molar-refractivity contribution < 1.29 is 18.3 Å². The van der Waals surface area contributed by atoms with E-state index in [4.69, 9.17) is 5.11 Å². The zero-order valence-electron chi connectivity index (χ0n) is 11.4. The van der Waals surface area contributed by atoms with E-state index in [0.29, 0.717) is 0 Å². The van der Waals surface area contributed by atoms with Gasteiger partial charge in [-0.25, -0.2) is 17.9 Å². The quantitative estimate of drug-likeness (QED) is 0.888. The Morgan fingerprint density at radius 1 is 1.10 bits per heavy atom. The van der Waals surface area contributed by atoms with Crippen LogP contribution >= 0.6 is 0 Å². The second-order valence-corrected chi connectivity index (χ2v) is 6.30. The molecule has 0 unspecified atom stereocenters. The molecule has 0 spiro atoms. The lowest BCUT2D eigenvalue weighted by Crippen LogP contribution is -2.27. The number of benzene rings is 2. The smallest absolute Gasteiger partial charge is 0.335 e. The molecule has 0 saturated heterocycles. The first-order valence-corrected chi connectivity index (χ1v) is 7.79. The fraction of sp³-hybridized carbons (Fsp3) is 0.133. The van der Waals surface area contributed by atoms with Crippen molar-refractivity contribution in [1.82, 2.24) is 4.72 Å². The number of hydrogen-bond donors (Lipinski definition) is 2. The predicted octanol–water partition coefficient (Wildman–Crippen LogP) is 2.42. The van der Waals surface area contributed by atoms with Crippen molar-refractivity contribution in [2.75, 3.05) is 0 Å². The standard InChI is InChI=1S/C15H15NO4S/c1-11(12-6-3-2-4-7-12)16-21(19,20)14-9-5-8-13(10-14)15(17)18/h2-11,16H,1H3,(H,17,18)/t11-/m0/s1. The minimum atomic E-state index is -3.78. The fourth-order valence-electron chi connectivity index (χ4n) is 1.91. The fourth-order valence-corrected chi connectivity index (χ4v) is 3.18. The van der Waals surface area contributed by atoms with Gasteiger partial charge in [-0.15, -0.1) is 0 Å². The average Bonchev–Trinajstić information content (AvgIpc) is 2.48. The monoisotopic (exact) mass is 305 g/mol. The highest BCUT2D eigenvalue weighted by atomic mass is 32.2. The molecule has 0 aromatic heterocycles. The Bertz CT molecular complexity index is 741. The minimum Gasteiger partial charge on any atom is -0.478 e. The Labute approximate surface area is 123 Å². The van der Waals surface area contributed by atoms with Crippen LogP contribution in [0.25, 0.3) is 0 Å². The van der Waals surface area contributed by atoms with E-state index >= 15 is 0 Å². The van der Waals surface area contributed by atoms with Gasteiger partial charge in [-0.05, 0) is 30.7 Å². The van der Waals surface area contributed by atoms with Crippen molar-refractivity contribution in [2.45, 2.75) is 17.9 Å². The van der Waals surface area contributed by atoms with Crippen molar-refractivity contribution in [1.29, 1.82) is 0 Å². The summed E-state index contributed by atoms with van der Waals surface area (Å²) in [4.78, 5) is 10.8. The van der Waals surface area contributed by atoms with Gasteiger partial charge in [0, 0.05) is 6.04 Å². The molecule has 21 heavy (non-hydrogen) atoms. The summed E-state index contributed by atoms with van der Waals surface area (Å²) in [7, 11) is -3.78. The van der Waals surface area contributed by atoms with Crippen LogP contribution in [0.2, 0.25) is 0 Å². The lowest BCUT2D eigenvalue weighted by atomic mass is 10.1. The zero-order valence-corrected chi connectivity index (χ0v) is 12.2. The summed E-state index contributed by atoms with van der Waals surface area (Å²) in [6.45, 7) is 1.73. The van der Waals surface area contributed by atoms with Crippen molar-refractivity contribution >= 4 is 16.0 Å². The molecule has 0 aliphatic carbocycles. The largest absolute Gasteiger partial charge is 0.478 e. The summed E-state index contributed by atoms with van der Waals surface area (Å²) in [5, 5.41) is 8.92. The van der Waals surface area contributed by atoms with Crippen LogP contribution in [0.1, 0.15) is 28.9 Å². The zero-order chi connectivity index (χ0) is 15.5. The number of rotatable bonds is 5. The van der Waals surface area contributed by atoms with Crippen molar-refractivity contribution in [3.63, 3.8) is 0 Å². The Hall–Kier alpha value is -2.18. The van der Waals surface area contributed by atoms with Crippen molar-refractivity contribution in [2.24, 2.45) is 0 Å². The molecule has 6 heteroatoms. The third-order valence-electron chi connectivity index (χ3n) is 3.02. The minimum absolute atomic E-state index is 0.0646. The number of nitrogens with one attached hydrogen (secondary N) is 1. The van der Waals surface area contributed by atoms with E-state index in [0.717, 1.165) is 11.6 Å². The lowest BCUT2D eigenvalue weighted by Gasteiger charge is -2.14. The molecule has 0 bridgehead atoms. The summed E-state index contributed by atoms with van der Waals surface area (Å²) in [6, 6.07) is 14.0. The topological polar surface area (TPSA) is 83.5 Å². The first kappa shape index (κ1) is 15.2. The van der Waals surface area contributed by atoms with Gasteiger partial charge in [0.25, 0.3) is 0 Å². The van der Waals surface area contributed by atoms with E-state index in [-0.39, 0.29) is 10.5 Å². The van der Waals surface area contributed by atoms with Gasteiger partial charge in [-0.1, -0.05) is 36.4 Å². The lowest BCUT2D eigenvalue weighted by molar-refractivity contribution is 0.0696.